The van der Waals surface area contributed by atoms with Crippen molar-refractivity contribution in [3.8, 4) is 0 Å². The first-order valence-corrected chi connectivity index (χ1v) is 4.64. The Morgan fingerprint density at radius 2 is 1.38 bits per heavy atom. The molecule has 13 heavy (non-hydrogen) atoms. The van der Waals surface area contributed by atoms with Crippen LogP contribution in [0.4, 0.5) is 0 Å². The van der Waals surface area contributed by atoms with E-state index >= 15 is 0 Å². The van der Waals surface area contributed by atoms with Crippen LogP contribution in [-0.2, 0) is 10.2 Å². The van der Waals surface area contributed by atoms with Gasteiger partial charge in [0.05, 0.1) is 0 Å². The molecule has 0 amide bonds. The second kappa shape index (κ2) is 4.50. The zero-order valence-electron chi connectivity index (χ0n) is 7.27. The Morgan fingerprint density at radius 3 is 1.62 bits per heavy atom. The van der Waals surface area contributed by atoms with Crippen LogP contribution in [0.3, 0.4) is 0 Å². The van der Waals surface area contributed by atoms with Crippen LogP contribution in [-0.4, -0.2) is 34.4 Å². The first-order chi connectivity index (χ1) is 5.91. The van der Waals surface area contributed by atoms with Crippen molar-refractivity contribution in [2.75, 3.05) is 14.1 Å². The fourth-order valence-corrected chi connectivity index (χ4v) is 1.18. The molecule has 0 unspecified atom stereocenters. The number of rotatable bonds is 2. The fourth-order valence-electron chi connectivity index (χ4n) is 0.392. The SMILES string of the molecule is CN=C(N)NS(=O)(=O)NC(N)=NC. The van der Waals surface area contributed by atoms with E-state index in [1.165, 1.54) is 14.1 Å². The van der Waals surface area contributed by atoms with Gasteiger partial charge < -0.3 is 11.5 Å². The number of nitrogens with two attached hydrogens (primary N) is 2. The zero-order chi connectivity index (χ0) is 10.5. The number of nitrogens with one attached hydrogen (secondary N) is 2. The second-order valence-electron chi connectivity index (χ2n) is 1.93. The van der Waals surface area contributed by atoms with Crippen molar-refractivity contribution in [3.63, 3.8) is 0 Å². The van der Waals surface area contributed by atoms with E-state index in [4.69, 9.17) is 11.5 Å². The first kappa shape index (κ1) is 11.5. The van der Waals surface area contributed by atoms with Crippen LogP contribution < -0.4 is 20.9 Å². The normalized spacial score (nSPS) is 14.0. The van der Waals surface area contributed by atoms with Gasteiger partial charge in [-0.1, -0.05) is 0 Å². The van der Waals surface area contributed by atoms with E-state index in [-0.39, 0.29) is 11.9 Å². The highest BCUT2D eigenvalue weighted by Crippen LogP contribution is 1.74. The van der Waals surface area contributed by atoms with Crippen molar-refractivity contribution in [2.24, 2.45) is 21.5 Å². The molecule has 0 bridgehead atoms. The van der Waals surface area contributed by atoms with Crippen LogP contribution in [0, 0.1) is 0 Å². The summed E-state index contributed by atoms with van der Waals surface area (Å²) in [4.78, 5) is 6.78. The van der Waals surface area contributed by atoms with Crippen molar-refractivity contribution in [2.45, 2.75) is 0 Å². The van der Waals surface area contributed by atoms with Crippen LogP contribution in [0.2, 0.25) is 0 Å². The lowest BCUT2D eigenvalue weighted by Gasteiger charge is -2.07. The quantitative estimate of drug-likeness (QED) is 0.290. The topological polar surface area (TPSA) is 135 Å². The molecule has 0 heterocycles. The molecule has 0 atom stereocenters. The maximum atomic E-state index is 11.0. The molecule has 6 N–H and O–H groups in total. The third kappa shape index (κ3) is 4.85. The number of hydrogen-bond donors (Lipinski definition) is 4. The highest BCUT2D eigenvalue weighted by atomic mass is 32.2. The lowest BCUT2D eigenvalue weighted by atomic mass is 11.1. The van der Waals surface area contributed by atoms with Crippen molar-refractivity contribution in [1.82, 2.24) is 9.44 Å². The summed E-state index contributed by atoms with van der Waals surface area (Å²) >= 11 is 0. The molecule has 76 valence electrons. The van der Waals surface area contributed by atoms with Gasteiger partial charge in [-0.05, 0) is 0 Å². The highest BCUT2D eigenvalue weighted by Gasteiger charge is 2.10. The summed E-state index contributed by atoms with van der Waals surface area (Å²) in [5, 5.41) is 0. The van der Waals surface area contributed by atoms with Crippen molar-refractivity contribution in [3.05, 3.63) is 0 Å². The second-order valence-corrected chi connectivity index (χ2v) is 3.34. The molecule has 0 spiro atoms. The molecule has 0 aliphatic carbocycles. The summed E-state index contributed by atoms with van der Waals surface area (Å²) in [5.41, 5.74) is 10.2. The summed E-state index contributed by atoms with van der Waals surface area (Å²) in [6.07, 6.45) is 0. The predicted molar refractivity (Wildman–Crippen MR) is 50.3 cm³/mol. The molecule has 0 aromatic heterocycles. The molecule has 0 aromatic carbocycles. The van der Waals surface area contributed by atoms with Gasteiger partial charge in [0.15, 0.2) is 0 Å². The largest absolute Gasteiger partial charge is 0.369 e. The Hall–Kier alpha value is -1.51. The Bertz CT molecular complexity index is 292. The van der Waals surface area contributed by atoms with E-state index < -0.39 is 10.2 Å². The van der Waals surface area contributed by atoms with Gasteiger partial charge in [-0.2, -0.15) is 8.42 Å². The van der Waals surface area contributed by atoms with Gasteiger partial charge >= 0.3 is 10.2 Å². The van der Waals surface area contributed by atoms with Crippen LogP contribution >= 0.6 is 0 Å². The van der Waals surface area contributed by atoms with Crippen LogP contribution in [0.15, 0.2) is 9.98 Å². The van der Waals surface area contributed by atoms with E-state index in [1.807, 2.05) is 9.44 Å². The summed E-state index contributed by atoms with van der Waals surface area (Å²) in [5.74, 6) is -0.479. The summed E-state index contributed by atoms with van der Waals surface area (Å²) < 4.78 is 25.8. The molecule has 8 nitrogen and oxygen atoms in total. The molecular formula is C4H12N6O2S. The Kier molecular flexibility index (Phi) is 3.98. The van der Waals surface area contributed by atoms with Crippen LogP contribution in [0.25, 0.3) is 0 Å². The van der Waals surface area contributed by atoms with Gasteiger partial charge in [-0.15, -0.1) is 0 Å². The maximum Gasteiger partial charge on any atom is 0.326 e. The summed E-state index contributed by atoms with van der Waals surface area (Å²) in [7, 11) is -1.13. The van der Waals surface area contributed by atoms with Gasteiger partial charge in [0, 0.05) is 14.1 Å². The first-order valence-electron chi connectivity index (χ1n) is 3.16. The van der Waals surface area contributed by atoms with Crippen molar-refractivity contribution < 1.29 is 8.42 Å². The minimum absolute atomic E-state index is 0.239. The van der Waals surface area contributed by atoms with E-state index in [2.05, 4.69) is 9.98 Å². The molecule has 0 fully saturated rings. The van der Waals surface area contributed by atoms with Gasteiger partial charge in [-0.3, -0.25) is 9.98 Å². The molecule has 9 heteroatoms. The molecule has 0 saturated carbocycles. The lowest BCUT2D eigenvalue weighted by molar-refractivity contribution is 0.588. The van der Waals surface area contributed by atoms with Crippen LogP contribution in [0.5, 0.6) is 0 Å². The Labute approximate surface area is 76.3 Å². The van der Waals surface area contributed by atoms with E-state index in [1.54, 1.807) is 0 Å². The standard InChI is InChI=1S/C4H12N6O2S/c1-7-3(5)9-13(11,12)10-4(6)8-2/h1-2H3,(H3,5,7,9)(H3,6,8,10). The van der Waals surface area contributed by atoms with Gasteiger partial charge in [-0.25, -0.2) is 9.44 Å². The molecule has 0 aliphatic rings. The number of aliphatic imine (C=N–C) groups is 2. The maximum absolute atomic E-state index is 11.0. The highest BCUT2D eigenvalue weighted by molar-refractivity contribution is 7.88. The zero-order valence-corrected chi connectivity index (χ0v) is 8.09. The number of nitrogens with zero attached hydrogens (tertiary/aromatic N) is 2. The van der Waals surface area contributed by atoms with Gasteiger partial charge in [0.2, 0.25) is 11.9 Å². The Balaban J connectivity index is 4.44. The van der Waals surface area contributed by atoms with Crippen molar-refractivity contribution in [1.29, 1.82) is 0 Å². The average molecular weight is 208 g/mol. The van der Waals surface area contributed by atoms with E-state index in [0.29, 0.717) is 0 Å². The van der Waals surface area contributed by atoms with E-state index in [0.717, 1.165) is 0 Å². The molecule has 0 saturated heterocycles. The minimum Gasteiger partial charge on any atom is -0.369 e. The molecule has 0 aromatic rings. The summed E-state index contributed by atoms with van der Waals surface area (Å²) in [6, 6.07) is 0. The van der Waals surface area contributed by atoms with Gasteiger partial charge in [0.1, 0.15) is 0 Å². The predicted octanol–water partition coefficient (Wildman–Crippen LogP) is -2.70. The number of guanidine groups is 2. The van der Waals surface area contributed by atoms with Gasteiger partial charge in [0.25, 0.3) is 0 Å². The third-order valence-corrected chi connectivity index (χ3v) is 1.92. The molecular weight excluding hydrogens is 196 g/mol. The summed E-state index contributed by atoms with van der Waals surface area (Å²) in [6.45, 7) is 0. The van der Waals surface area contributed by atoms with Crippen molar-refractivity contribution >= 4 is 22.1 Å². The third-order valence-electron chi connectivity index (χ3n) is 0.960. The molecule has 0 rings (SSSR count). The monoisotopic (exact) mass is 208 g/mol. The van der Waals surface area contributed by atoms with E-state index in [9.17, 15) is 8.42 Å². The molecule has 0 radical (unpaired) electrons. The minimum atomic E-state index is -3.82. The molecule has 0 aliphatic heterocycles. The number of hydrogen-bond acceptors (Lipinski definition) is 4. The average Bonchev–Trinajstić information content (AvgIpc) is 2.02. The lowest BCUT2D eigenvalue weighted by Crippen LogP contribution is -2.48. The smallest absolute Gasteiger partial charge is 0.326 e. The fraction of sp³-hybridized carbons (Fsp3) is 0.500. The Morgan fingerprint density at radius 1 is 1.08 bits per heavy atom. The van der Waals surface area contributed by atoms with Crippen LogP contribution in [0.1, 0.15) is 0 Å².